The number of fused-ring (bicyclic) bond motifs is 3. The van der Waals surface area contributed by atoms with Crippen molar-refractivity contribution < 1.29 is 10.0 Å². The van der Waals surface area contributed by atoms with Crippen LogP contribution in [0.15, 0.2) is 66.7 Å². The van der Waals surface area contributed by atoms with Crippen LogP contribution in [0.2, 0.25) is 0 Å². The Morgan fingerprint density at radius 1 is 0.800 bits per heavy atom. The predicted molar refractivity (Wildman–Crippen MR) is 105 cm³/mol. The third-order valence-corrected chi connectivity index (χ3v) is 4.74. The van der Waals surface area contributed by atoms with Crippen LogP contribution in [0, 0.1) is 0 Å². The van der Waals surface area contributed by atoms with Gasteiger partial charge < -0.3 is 14.6 Å². The Balaban J connectivity index is 2.02. The van der Waals surface area contributed by atoms with Gasteiger partial charge in [-0.05, 0) is 41.2 Å². The third-order valence-electron chi connectivity index (χ3n) is 4.74. The van der Waals surface area contributed by atoms with Gasteiger partial charge in [-0.15, -0.1) is 0 Å². The molecule has 4 heteroatoms. The van der Waals surface area contributed by atoms with Crippen molar-refractivity contribution in [1.29, 1.82) is 0 Å². The highest BCUT2D eigenvalue weighted by Crippen LogP contribution is 2.32. The summed E-state index contributed by atoms with van der Waals surface area (Å²) in [7, 11) is -1.45. The molecule has 0 aliphatic heterocycles. The number of hydrogen-bond donors (Lipinski definition) is 2. The minimum absolute atomic E-state index is 0.521. The van der Waals surface area contributed by atoms with Crippen LogP contribution in [0.4, 0.5) is 0 Å². The van der Waals surface area contributed by atoms with Gasteiger partial charge in [0.1, 0.15) is 0 Å². The summed E-state index contributed by atoms with van der Waals surface area (Å²) in [5.74, 6) is 0. The van der Waals surface area contributed by atoms with Gasteiger partial charge in [0.2, 0.25) is 0 Å². The summed E-state index contributed by atoms with van der Waals surface area (Å²) >= 11 is 0. The lowest BCUT2D eigenvalue weighted by Crippen LogP contribution is -2.29. The fourth-order valence-corrected chi connectivity index (χ4v) is 3.56. The minimum Gasteiger partial charge on any atom is -0.423 e. The Bertz CT molecular complexity index is 1040. The third kappa shape index (κ3) is 2.74. The molecule has 0 saturated heterocycles. The van der Waals surface area contributed by atoms with E-state index in [9.17, 15) is 10.0 Å². The van der Waals surface area contributed by atoms with Gasteiger partial charge in [0.25, 0.3) is 0 Å². The van der Waals surface area contributed by atoms with E-state index in [0.717, 1.165) is 29.3 Å². The second-order valence-electron chi connectivity index (χ2n) is 6.40. The quantitative estimate of drug-likeness (QED) is 0.563. The van der Waals surface area contributed by atoms with Crippen molar-refractivity contribution in [1.82, 2.24) is 4.57 Å². The Morgan fingerprint density at radius 3 is 2.16 bits per heavy atom. The molecule has 124 valence electrons. The molecule has 0 saturated carbocycles. The SMILES string of the molecule is CCCn1c2ccc(B(O)O)cc2c2cc(-c3ccccc3)ccc21. The normalized spacial score (nSPS) is 11.3. The van der Waals surface area contributed by atoms with E-state index < -0.39 is 7.12 Å². The van der Waals surface area contributed by atoms with Crippen molar-refractivity contribution in [2.45, 2.75) is 19.9 Å². The number of nitrogens with zero attached hydrogens (tertiary/aromatic N) is 1. The molecule has 25 heavy (non-hydrogen) atoms. The molecule has 4 rings (SSSR count). The molecule has 0 fully saturated rings. The molecule has 0 spiro atoms. The fraction of sp³-hybridized carbons (Fsp3) is 0.143. The van der Waals surface area contributed by atoms with E-state index in [0.29, 0.717) is 5.46 Å². The maximum atomic E-state index is 9.55. The predicted octanol–water partition coefficient (Wildman–Crippen LogP) is 3.55. The van der Waals surface area contributed by atoms with Gasteiger partial charge >= 0.3 is 7.12 Å². The Morgan fingerprint density at radius 2 is 1.48 bits per heavy atom. The van der Waals surface area contributed by atoms with Crippen LogP contribution in [0.5, 0.6) is 0 Å². The molecule has 1 heterocycles. The van der Waals surface area contributed by atoms with E-state index in [1.54, 1.807) is 6.07 Å². The molecule has 0 unspecified atom stereocenters. The molecular weight excluding hydrogens is 309 g/mol. The maximum Gasteiger partial charge on any atom is 0.488 e. The molecule has 0 amide bonds. The van der Waals surface area contributed by atoms with Crippen molar-refractivity contribution in [2.24, 2.45) is 0 Å². The van der Waals surface area contributed by atoms with Crippen molar-refractivity contribution >= 4 is 34.4 Å². The summed E-state index contributed by atoms with van der Waals surface area (Å²) in [6.07, 6.45) is 1.05. The number of aromatic nitrogens is 1. The summed E-state index contributed by atoms with van der Waals surface area (Å²) in [6.45, 7) is 3.10. The van der Waals surface area contributed by atoms with Crippen molar-refractivity contribution in [2.75, 3.05) is 0 Å². The van der Waals surface area contributed by atoms with Crippen molar-refractivity contribution in [3.8, 4) is 11.1 Å². The smallest absolute Gasteiger partial charge is 0.423 e. The Kier molecular flexibility index (Phi) is 4.08. The lowest BCUT2D eigenvalue weighted by molar-refractivity contribution is 0.426. The van der Waals surface area contributed by atoms with Crippen molar-refractivity contribution in [3.05, 3.63) is 66.7 Å². The van der Waals surface area contributed by atoms with Crippen LogP contribution in [-0.2, 0) is 6.54 Å². The second kappa shape index (κ2) is 6.39. The van der Waals surface area contributed by atoms with E-state index in [4.69, 9.17) is 0 Å². The van der Waals surface area contributed by atoms with Gasteiger partial charge in [-0.25, -0.2) is 0 Å². The summed E-state index contributed by atoms with van der Waals surface area (Å²) < 4.78 is 2.31. The summed E-state index contributed by atoms with van der Waals surface area (Å²) in [5.41, 5.74) is 5.18. The van der Waals surface area contributed by atoms with Crippen molar-refractivity contribution in [3.63, 3.8) is 0 Å². The van der Waals surface area contributed by atoms with Crippen LogP contribution >= 0.6 is 0 Å². The molecule has 3 nitrogen and oxygen atoms in total. The molecule has 1 aromatic heterocycles. The lowest BCUT2D eigenvalue weighted by Gasteiger charge is -2.06. The number of hydrogen-bond acceptors (Lipinski definition) is 2. The Labute approximate surface area is 147 Å². The molecule has 0 aliphatic carbocycles. The summed E-state index contributed by atoms with van der Waals surface area (Å²) in [4.78, 5) is 0. The van der Waals surface area contributed by atoms with Crippen LogP contribution in [0.25, 0.3) is 32.9 Å². The Hall–Kier alpha value is -2.56. The fourth-order valence-electron chi connectivity index (χ4n) is 3.56. The van der Waals surface area contributed by atoms with Gasteiger partial charge in [-0.3, -0.25) is 0 Å². The number of benzene rings is 3. The zero-order chi connectivity index (χ0) is 17.4. The largest absolute Gasteiger partial charge is 0.488 e. The highest BCUT2D eigenvalue weighted by molar-refractivity contribution is 6.59. The molecule has 0 bridgehead atoms. The van der Waals surface area contributed by atoms with E-state index in [1.807, 2.05) is 30.3 Å². The number of aryl methyl sites for hydroxylation is 1. The van der Waals surface area contributed by atoms with E-state index in [1.165, 1.54) is 16.6 Å². The van der Waals surface area contributed by atoms with E-state index in [2.05, 4.69) is 41.8 Å². The molecule has 3 aromatic carbocycles. The average molecular weight is 329 g/mol. The van der Waals surface area contributed by atoms with Gasteiger partial charge in [0.05, 0.1) is 0 Å². The second-order valence-corrected chi connectivity index (χ2v) is 6.40. The average Bonchev–Trinajstić information content (AvgIpc) is 2.95. The topological polar surface area (TPSA) is 45.4 Å². The minimum atomic E-state index is -1.45. The molecule has 4 aromatic rings. The zero-order valence-electron chi connectivity index (χ0n) is 14.2. The molecular formula is C21H20BNO2. The first-order valence-electron chi connectivity index (χ1n) is 8.66. The van der Waals surface area contributed by atoms with Gasteiger partial charge in [0, 0.05) is 28.4 Å². The van der Waals surface area contributed by atoms with Gasteiger partial charge in [-0.1, -0.05) is 55.5 Å². The molecule has 0 radical (unpaired) electrons. The van der Waals surface area contributed by atoms with E-state index >= 15 is 0 Å². The first kappa shape index (κ1) is 15.9. The van der Waals surface area contributed by atoms with Crippen LogP contribution in [-0.4, -0.2) is 21.7 Å². The van der Waals surface area contributed by atoms with Gasteiger partial charge in [-0.2, -0.15) is 0 Å². The highest BCUT2D eigenvalue weighted by Gasteiger charge is 2.16. The van der Waals surface area contributed by atoms with Crippen LogP contribution in [0.1, 0.15) is 13.3 Å². The van der Waals surface area contributed by atoms with Gasteiger partial charge in [0.15, 0.2) is 0 Å². The standard InChI is InChI=1S/C21H20BNO2/c1-2-12-23-20-10-8-16(15-6-4-3-5-7-15)13-18(20)19-14-17(22(24)25)9-11-21(19)23/h3-11,13-14,24-25H,2,12H2,1H3. The lowest BCUT2D eigenvalue weighted by atomic mass is 9.80. The summed E-state index contributed by atoms with van der Waals surface area (Å²) in [6, 6.07) is 22.5. The first-order chi connectivity index (χ1) is 12.2. The number of rotatable bonds is 4. The van der Waals surface area contributed by atoms with E-state index in [-0.39, 0.29) is 0 Å². The van der Waals surface area contributed by atoms with Crippen LogP contribution in [0.3, 0.4) is 0 Å². The molecule has 2 N–H and O–H groups in total. The highest BCUT2D eigenvalue weighted by atomic mass is 16.4. The zero-order valence-corrected chi connectivity index (χ0v) is 14.2. The molecule has 0 aliphatic rings. The monoisotopic (exact) mass is 329 g/mol. The summed E-state index contributed by atoms with van der Waals surface area (Å²) in [5, 5.41) is 21.3. The van der Waals surface area contributed by atoms with Crippen LogP contribution < -0.4 is 5.46 Å². The maximum absolute atomic E-state index is 9.55. The first-order valence-corrected chi connectivity index (χ1v) is 8.66. The molecule has 0 atom stereocenters.